The third kappa shape index (κ3) is 3.42. The highest BCUT2D eigenvalue weighted by atomic mass is 32.2. The van der Waals surface area contributed by atoms with Crippen LogP contribution in [-0.2, 0) is 0 Å². The van der Waals surface area contributed by atoms with Crippen molar-refractivity contribution in [1.82, 2.24) is 0 Å². The van der Waals surface area contributed by atoms with Crippen molar-refractivity contribution in [2.24, 2.45) is 5.92 Å². The molecule has 0 radical (unpaired) electrons. The van der Waals surface area contributed by atoms with E-state index in [-0.39, 0.29) is 0 Å². The molecule has 0 saturated heterocycles. The number of hydrogen-bond acceptors (Lipinski definition) is 3. The molecule has 4 heteroatoms. The standard InChI is InChI=1S/C14H18O3S/c1-2-18-12-5-3-4-11(13(12)14(15)16)17-9-8-10-6-7-10/h3-5,10H,2,6-9H2,1H3,(H,15,16). The van der Waals surface area contributed by atoms with Crippen LogP contribution in [0.4, 0.5) is 0 Å². The van der Waals surface area contributed by atoms with E-state index in [1.807, 2.05) is 19.1 Å². The summed E-state index contributed by atoms with van der Waals surface area (Å²) in [5.41, 5.74) is 0.306. The Morgan fingerprint density at radius 3 is 2.89 bits per heavy atom. The van der Waals surface area contributed by atoms with Crippen LogP contribution in [0.2, 0.25) is 0 Å². The van der Waals surface area contributed by atoms with Crippen molar-refractivity contribution < 1.29 is 14.6 Å². The minimum absolute atomic E-state index is 0.306. The molecule has 0 atom stereocenters. The maximum atomic E-state index is 11.3. The molecule has 18 heavy (non-hydrogen) atoms. The Kier molecular flexibility index (Phi) is 4.53. The van der Waals surface area contributed by atoms with E-state index in [1.165, 1.54) is 24.6 Å². The Bertz CT molecular complexity index is 427. The molecule has 0 amide bonds. The third-order valence-corrected chi connectivity index (χ3v) is 3.92. The van der Waals surface area contributed by atoms with Gasteiger partial charge < -0.3 is 9.84 Å². The number of rotatable bonds is 7. The van der Waals surface area contributed by atoms with E-state index in [2.05, 4.69) is 0 Å². The molecule has 2 rings (SSSR count). The second-order valence-corrected chi connectivity index (χ2v) is 5.75. The zero-order chi connectivity index (χ0) is 13.0. The molecule has 0 spiro atoms. The minimum atomic E-state index is -0.909. The van der Waals surface area contributed by atoms with Crippen LogP contribution in [0.15, 0.2) is 23.1 Å². The van der Waals surface area contributed by atoms with Gasteiger partial charge in [0.2, 0.25) is 0 Å². The first-order valence-electron chi connectivity index (χ1n) is 6.34. The highest BCUT2D eigenvalue weighted by Crippen LogP contribution is 2.34. The molecule has 1 aliphatic carbocycles. The van der Waals surface area contributed by atoms with Gasteiger partial charge in [-0.25, -0.2) is 4.79 Å². The van der Waals surface area contributed by atoms with Crippen molar-refractivity contribution in [2.75, 3.05) is 12.4 Å². The Labute approximate surface area is 112 Å². The van der Waals surface area contributed by atoms with Crippen LogP contribution in [-0.4, -0.2) is 23.4 Å². The Hall–Kier alpha value is -1.16. The fraction of sp³-hybridized carbons (Fsp3) is 0.500. The van der Waals surface area contributed by atoms with Gasteiger partial charge in [-0.05, 0) is 30.2 Å². The molecule has 1 aromatic carbocycles. The van der Waals surface area contributed by atoms with Gasteiger partial charge in [-0.3, -0.25) is 0 Å². The van der Waals surface area contributed by atoms with Crippen LogP contribution in [0.5, 0.6) is 5.75 Å². The highest BCUT2D eigenvalue weighted by molar-refractivity contribution is 7.99. The summed E-state index contributed by atoms with van der Waals surface area (Å²) in [5, 5.41) is 9.30. The number of benzene rings is 1. The number of hydrogen-bond donors (Lipinski definition) is 1. The number of thioether (sulfide) groups is 1. The van der Waals surface area contributed by atoms with Gasteiger partial charge in [0.25, 0.3) is 0 Å². The zero-order valence-electron chi connectivity index (χ0n) is 10.5. The minimum Gasteiger partial charge on any atom is -0.493 e. The molecule has 3 nitrogen and oxygen atoms in total. The quantitative estimate of drug-likeness (QED) is 0.765. The molecule has 1 fully saturated rings. The molecule has 0 heterocycles. The van der Waals surface area contributed by atoms with Gasteiger partial charge in [-0.2, -0.15) is 0 Å². The van der Waals surface area contributed by atoms with E-state index in [0.717, 1.165) is 23.0 Å². The molecule has 1 saturated carbocycles. The summed E-state index contributed by atoms with van der Waals surface area (Å²) < 4.78 is 5.64. The Balaban J connectivity index is 2.10. The van der Waals surface area contributed by atoms with Crippen LogP contribution >= 0.6 is 11.8 Å². The lowest BCUT2D eigenvalue weighted by Gasteiger charge is -2.12. The summed E-state index contributed by atoms with van der Waals surface area (Å²) >= 11 is 1.54. The van der Waals surface area contributed by atoms with E-state index >= 15 is 0 Å². The number of carbonyl (C=O) groups is 1. The summed E-state index contributed by atoms with van der Waals surface area (Å²) in [6, 6.07) is 5.44. The lowest BCUT2D eigenvalue weighted by atomic mass is 10.2. The number of ether oxygens (including phenoxy) is 1. The van der Waals surface area contributed by atoms with Gasteiger partial charge in [0.1, 0.15) is 11.3 Å². The Morgan fingerprint density at radius 1 is 1.50 bits per heavy atom. The van der Waals surface area contributed by atoms with Gasteiger partial charge in [0.15, 0.2) is 0 Å². The van der Waals surface area contributed by atoms with Crippen molar-refractivity contribution >= 4 is 17.7 Å². The first kappa shape index (κ1) is 13.3. The van der Waals surface area contributed by atoms with Gasteiger partial charge in [-0.15, -0.1) is 11.8 Å². The average molecular weight is 266 g/mol. The summed E-state index contributed by atoms with van der Waals surface area (Å²) in [6.45, 7) is 2.63. The monoisotopic (exact) mass is 266 g/mol. The van der Waals surface area contributed by atoms with Crippen LogP contribution in [0.25, 0.3) is 0 Å². The normalized spacial score (nSPS) is 14.5. The number of aromatic carboxylic acids is 1. The number of carboxylic acid groups (broad SMARTS) is 1. The fourth-order valence-electron chi connectivity index (χ4n) is 1.86. The Morgan fingerprint density at radius 2 is 2.28 bits per heavy atom. The summed E-state index contributed by atoms with van der Waals surface area (Å²) in [5.74, 6) is 1.24. The van der Waals surface area contributed by atoms with Crippen LogP contribution < -0.4 is 4.74 Å². The molecular weight excluding hydrogens is 248 g/mol. The smallest absolute Gasteiger partial charge is 0.340 e. The summed E-state index contributed by atoms with van der Waals surface area (Å²) in [4.78, 5) is 12.1. The SMILES string of the molecule is CCSc1cccc(OCCC2CC2)c1C(=O)O. The maximum Gasteiger partial charge on any atom is 0.340 e. The average Bonchev–Trinajstić information content (AvgIpc) is 3.13. The summed E-state index contributed by atoms with van der Waals surface area (Å²) in [7, 11) is 0. The second-order valence-electron chi connectivity index (χ2n) is 4.45. The molecule has 0 aliphatic heterocycles. The molecule has 1 aromatic rings. The van der Waals surface area contributed by atoms with E-state index in [0.29, 0.717) is 17.9 Å². The molecule has 0 unspecified atom stereocenters. The van der Waals surface area contributed by atoms with Gasteiger partial charge in [0, 0.05) is 4.90 Å². The van der Waals surface area contributed by atoms with Crippen LogP contribution in [0, 0.1) is 5.92 Å². The molecule has 1 N–H and O–H groups in total. The van der Waals surface area contributed by atoms with E-state index in [4.69, 9.17) is 4.74 Å². The maximum absolute atomic E-state index is 11.3. The van der Waals surface area contributed by atoms with Crippen LogP contribution in [0.1, 0.15) is 36.5 Å². The van der Waals surface area contributed by atoms with Gasteiger partial charge in [0.05, 0.1) is 6.61 Å². The first-order chi connectivity index (χ1) is 8.72. The molecule has 0 aromatic heterocycles. The lowest BCUT2D eigenvalue weighted by molar-refractivity contribution is 0.0688. The summed E-state index contributed by atoms with van der Waals surface area (Å²) in [6.07, 6.45) is 3.62. The largest absolute Gasteiger partial charge is 0.493 e. The van der Waals surface area contributed by atoms with Crippen molar-refractivity contribution in [3.8, 4) is 5.75 Å². The predicted molar refractivity (Wildman–Crippen MR) is 72.6 cm³/mol. The molecule has 1 aliphatic rings. The molecule has 0 bridgehead atoms. The van der Waals surface area contributed by atoms with Gasteiger partial charge in [-0.1, -0.05) is 25.8 Å². The van der Waals surface area contributed by atoms with E-state index in [1.54, 1.807) is 6.07 Å². The van der Waals surface area contributed by atoms with Crippen LogP contribution in [0.3, 0.4) is 0 Å². The molecular formula is C14H18O3S. The first-order valence-corrected chi connectivity index (χ1v) is 7.32. The van der Waals surface area contributed by atoms with Gasteiger partial charge >= 0.3 is 5.97 Å². The zero-order valence-corrected chi connectivity index (χ0v) is 11.3. The van der Waals surface area contributed by atoms with E-state index < -0.39 is 5.97 Å². The van der Waals surface area contributed by atoms with Crippen molar-refractivity contribution in [3.63, 3.8) is 0 Å². The van der Waals surface area contributed by atoms with Crippen molar-refractivity contribution in [3.05, 3.63) is 23.8 Å². The fourth-order valence-corrected chi connectivity index (χ4v) is 2.68. The third-order valence-electron chi connectivity index (χ3n) is 2.98. The highest BCUT2D eigenvalue weighted by Gasteiger charge is 2.22. The molecule has 98 valence electrons. The number of carboxylic acids is 1. The second kappa shape index (κ2) is 6.14. The lowest BCUT2D eigenvalue weighted by Crippen LogP contribution is -2.06. The van der Waals surface area contributed by atoms with Crippen molar-refractivity contribution in [2.45, 2.75) is 31.1 Å². The van der Waals surface area contributed by atoms with E-state index in [9.17, 15) is 9.90 Å². The predicted octanol–water partition coefficient (Wildman–Crippen LogP) is 3.68. The topological polar surface area (TPSA) is 46.5 Å². The van der Waals surface area contributed by atoms with Crippen molar-refractivity contribution in [1.29, 1.82) is 0 Å².